The van der Waals surface area contributed by atoms with Crippen LogP contribution in [0.4, 0.5) is 18.9 Å². The largest absolute Gasteiger partial charge is 0.405 e. The molecule has 0 atom stereocenters. The van der Waals surface area contributed by atoms with Gasteiger partial charge in [-0.1, -0.05) is 55.0 Å². The maximum absolute atomic E-state index is 13.6. The van der Waals surface area contributed by atoms with Crippen LogP contribution in [0.3, 0.4) is 0 Å². The molecule has 1 fully saturated rings. The molecule has 228 valence electrons. The molecule has 2 aliphatic rings. The zero-order valence-corrected chi connectivity index (χ0v) is 24.7. The van der Waals surface area contributed by atoms with E-state index in [-0.39, 0.29) is 17.9 Å². The topological polar surface area (TPSA) is 90.5 Å². The third kappa shape index (κ3) is 6.78. The third-order valence-electron chi connectivity index (χ3n) is 8.28. The lowest BCUT2D eigenvalue weighted by Crippen LogP contribution is -2.47. The number of likely N-dealkylation sites (tertiary alicyclic amines) is 1. The summed E-state index contributed by atoms with van der Waals surface area (Å²) in [7, 11) is 0. The van der Waals surface area contributed by atoms with Gasteiger partial charge in [-0.3, -0.25) is 14.4 Å². The van der Waals surface area contributed by atoms with Crippen molar-refractivity contribution in [3.8, 4) is 11.1 Å². The van der Waals surface area contributed by atoms with Crippen LogP contribution in [-0.4, -0.2) is 61.0 Å². The van der Waals surface area contributed by atoms with E-state index in [1.54, 1.807) is 11.4 Å². The lowest BCUT2D eigenvalue weighted by molar-refractivity contribution is -0.141. The van der Waals surface area contributed by atoms with Crippen molar-refractivity contribution >= 4 is 34.7 Å². The molecule has 0 radical (unpaired) electrons. The summed E-state index contributed by atoms with van der Waals surface area (Å²) in [5.74, 6) is -1.04. The second-order valence-corrected chi connectivity index (χ2v) is 12.1. The second-order valence-electron chi connectivity index (χ2n) is 11.2. The molecule has 1 aromatic heterocycles. The molecule has 1 aliphatic heterocycles. The van der Waals surface area contributed by atoms with Crippen molar-refractivity contribution in [1.29, 1.82) is 0 Å². The van der Waals surface area contributed by atoms with Gasteiger partial charge < -0.3 is 20.9 Å². The average Bonchev–Trinajstić information content (AvgIpc) is 3.55. The molecule has 1 aliphatic carbocycles. The molecular weight excluding hydrogens is 577 g/mol. The zero-order chi connectivity index (χ0) is 30.6. The van der Waals surface area contributed by atoms with Gasteiger partial charge in [-0.05, 0) is 65.9 Å². The Balaban J connectivity index is 1.19. The first kappa shape index (κ1) is 30.7. The van der Waals surface area contributed by atoms with Crippen molar-refractivity contribution in [2.45, 2.75) is 56.7 Å². The molecule has 2 aromatic carbocycles. The van der Waals surface area contributed by atoms with E-state index in [9.17, 15) is 27.6 Å². The smallest absolute Gasteiger partial charge is 0.348 e. The van der Waals surface area contributed by atoms with Gasteiger partial charge in [-0.2, -0.15) is 13.2 Å². The number of piperidine rings is 1. The highest BCUT2D eigenvalue weighted by atomic mass is 32.1. The highest BCUT2D eigenvalue weighted by molar-refractivity contribution is 7.12. The lowest BCUT2D eigenvalue weighted by Gasteiger charge is -2.33. The minimum Gasteiger partial charge on any atom is -0.348 e. The number of nitrogens with one attached hydrogen (secondary N) is 3. The van der Waals surface area contributed by atoms with Crippen LogP contribution in [0.5, 0.6) is 0 Å². The number of carbonyl (C=O) groups is 3. The Morgan fingerprint density at radius 3 is 2.19 bits per heavy atom. The number of thiophene rings is 1. The molecule has 2 heterocycles. The number of fused-ring (bicyclic) bond motifs is 3. The summed E-state index contributed by atoms with van der Waals surface area (Å²) in [5, 5.41) is 9.74. The fourth-order valence-electron chi connectivity index (χ4n) is 6.33. The number of alkyl halides is 3. The summed E-state index contributed by atoms with van der Waals surface area (Å²) in [6.45, 7) is 2.43. The summed E-state index contributed by atoms with van der Waals surface area (Å²) in [6.07, 6.45) is -1.09. The van der Waals surface area contributed by atoms with Crippen LogP contribution in [0.1, 0.15) is 59.8 Å². The van der Waals surface area contributed by atoms with Gasteiger partial charge in [0.2, 0.25) is 11.8 Å². The van der Waals surface area contributed by atoms with E-state index in [1.165, 1.54) is 18.3 Å². The Kier molecular flexibility index (Phi) is 9.22. The standard InChI is InChI=1S/C32H35F3N4O3S/c1-21(40)37-27-14-19-43-28(27)29(41)38-22-12-17-39(18-13-22)16-7-6-15-31(30(42)36-20-32(33,34)35)25-10-4-2-8-23(25)24-9-3-5-11-26(24)31/h2-5,8-11,14,19,22H,6-7,12-13,15-18,20H2,1H3,(H,36,42)(H,37,40)(H,38,41). The fourth-order valence-corrected chi connectivity index (χ4v) is 7.09. The van der Waals surface area contributed by atoms with Gasteiger partial charge in [0.1, 0.15) is 16.8 Å². The number of hydrogen-bond donors (Lipinski definition) is 3. The number of anilines is 1. The molecule has 11 heteroatoms. The molecule has 0 saturated carbocycles. The summed E-state index contributed by atoms with van der Waals surface area (Å²) >= 11 is 1.29. The van der Waals surface area contributed by atoms with Crippen molar-refractivity contribution in [3.63, 3.8) is 0 Å². The number of amides is 3. The Bertz CT molecular complexity index is 1430. The van der Waals surface area contributed by atoms with E-state index >= 15 is 0 Å². The van der Waals surface area contributed by atoms with Gasteiger partial charge in [-0.25, -0.2) is 0 Å². The first-order chi connectivity index (χ1) is 20.6. The molecule has 3 amide bonds. The van der Waals surface area contributed by atoms with Gasteiger partial charge >= 0.3 is 6.18 Å². The summed E-state index contributed by atoms with van der Waals surface area (Å²) in [4.78, 5) is 40.7. The van der Waals surface area contributed by atoms with E-state index < -0.39 is 24.0 Å². The number of halogens is 3. The molecule has 43 heavy (non-hydrogen) atoms. The molecular formula is C32H35F3N4O3S. The summed E-state index contributed by atoms with van der Waals surface area (Å²) in [5.41, 5.74) is 2.60. The van der Waals surface area contributed by atoms with Crippen molar-refractivity contribution in [2.24, 2.45) is 0 Å². The van der Waals surface area contributed by atoms with Crippen LogP contribution in [0, 0.1) is 0 Å². The number of benzene rings is 2. The summed E-state index contributed by atoms with van der Waals surface area (Å²) < 4.78 is 39.3. The molecule has 1 saturated heterocycles. The first-order valence-corrected chi connectivity index (χ1v) is 15.4. The molecule has 0 bridgehead atoms. The summed E-state index contributed by atoms with van der Waals surface area (Å²) in [6, 6.07) is 16.7. The van der Waals surface area contributed by atoms with Gasteiger partial charge in [-0.15, -0.1) is 11.3 Å². The molecule has 3 N–H and O–H groups in total. The van der Waals surface area contributed by atoms with Crippen LogP contribution < -0.4 is 16.0 Å². The number of nitrogens with zero attached hydrogens (tertiary/aromatic N) is 1. The van der Waals surface area contributed by atoms with Crippen molar-refractivity contribution in [3.05, 3.63) is 76.0 Å². The van der Waals surface area contributed by atoms with E-state index in [0.29, 0.717) is 23.4 Å². The fraction of sp³-hybridized carbons (Fsp3) is 0.406. The normalized spacial score (nSPS) is 16.3. The third-order valence-corrected chi connectivity index (χ3v) is 9.20. The predicted octanol–water partition coefficient (Wildman–Crippen LogP) is 5.72. The molecule has 0 unspecified atom stereocenters. The maximum Gasteiger partial charge on any atom is 0.405 e. The Morgan fingerprint density at radius 2 is 1.58 bits per heavy atom. The van der Waals surface area contributed by atoms with Crippen molar-refractivity contribution in [1.82, 2.24) is 15.5 Å². The van der Waals surface area contributed by atoms with Gasteiger partial charge in [0.05, 0.1) is 5.69 Å². The van der Waals surface area contributed by atoms with E-state index in [1.807, 2.05) is 48.5 Å². The lowest BCUT2D eigenvalue weighted by atomic mass is 9.73. The molecule has 3 aromatic rings. The van der Waals surface area contributed by atoms with E-state index in [4.69, 9.17) is 0 Å². The zero-order valence-electron chi connectivity index (χ0n) is 23.9. The van der Waals surface area contributed by atoms with Crippen LogP contribution >= 0.6 is 11.3 Å². The average molecular weight is 613 g/mol. The number of unbranched alkanes of at least 4 members (excludes halogenated alkanes) is 1. The highest BCUT2D eigenvalue weighted by Crippen LogP contribution is 2.51. The van der Waals surface area contributed by atoms with Gasteiger partial charge in [0.15, 0.2) is 0 Å². The number of hydrogen-bond acceptors (Lipinski definition) is 5. The van der Waals surface area contributed by atoms with Gasteiger partial charge in [0.25, 0.3) is 5.91 Å². The number of rotatable bonds is 10. The molecule has 7 nitrogen and oxygen atoms in total. The predicted molar refractivity (Wildman–Crippen MR) is 161 cm³/mol. The second kappa shape index (κ2) is 12.9. The van der Waals surface area contributed by atoms with Crippen LogP contribution in [0.15, 0.2) is 60.0 Å². The SMILES string of the molecule is CC(=O)Nc1ccsc1C(=O)NC1CCN(CCCCC2(C(=O)NCC(F)(F)F)c3ccccc3-c3ccccc32)CC1. The maximum atomic E-state index is 13.6. The minimum atomic E-state index is -4.50. The van der Waals surface area contributed by atoms with E-state index in [2.05, 4.69) is 20.9 Å². The highest BCUT2D eigenvalue weighted by Gasteiger charge is 2.49. The van der Waals surface area contributed by atoms with Crippen molar-refractivity contribution < 1.29 is 27.6 Å². The van der Waals surface area contributed by atoms with Crippen LogP contribution in [0.2, 0.25) is 0 Å². The molecule has 5 rings (SSSR count). The minimum absolute atomic E-state index is 0.0307. The Morgan fingerprint density at radius 1 is 0.953 bits per heavy atom. The Labute approximate surface area is 252 Å². The van der Waals surface area contributed by atoms with Crippen molar-refractivity contribution in [2.75, 3.05) is 31.5 Å². The monoisotopic (exact) mass is 612 g/mol. The van der Waals surface area contributed by atoms with Crippen LogP contribution in [0.25, 0.3) is 11.1 Å². The van der Waals surface area contributed by atoms with Gasteiger partial charge in [0, 0.05) is 26.1 Å². The Hall–Kier alpha value is -3.70. The first-order valence-electron chi connectivity index (χ1n) is 14.5. The number of carbonyl (C=O) groups excluding carboxylic acids is 3. The van der Waals surface area contributed by atoms with Crippen LogP contribution in [-0.2, 0) is 15.0 Å². The van der Waals surface area contributed by atoms with E-state index in [0.717, 1.165) is 61.2 Å². The molecule has 0 spiro atoms. The quantitative estimate of drug-likeness (QED) is 0.256.